The van der Waals surface area contributed by atoms with E-state index in [-0.39, 0.29) is 51.0 Å². The van der Waals surface area contributed by atoms with Gasteiger partial charge in [0.1, 0.15) is 17.2 Å². The van der Waals surface area contributed by atoms with E-state index in [9.17, 15) is 43.2 Å². The maximum Gasteiger partial charge on any atom is 0.343 e. The highest BCUT2D eigenvalue weighted by molar-refractivity contribution is 6.29. The summed E-state index contributed by atoms with van der Waals surface area (Å²) >= 11 is 0. The van der Waals surface area contributed by atoms with Crippen LogP contribution in [0.1, 0.15) is 31.1 Å². The van der Waals surface area contributed by atoms with Gasteiger partial charge in [0.25, 0.3) is 35.4 Å². The first-order valence-corrected chi connectivity index (χ1v) is 15.8. The molecule has 4 aromatic rings. The number of esters is 3. The van der Waals surface area contributed by atoms with Gasteiger partial charge in [-0.1, -0.05) is 0 Å². The van der Waals surface area contributed by atoms with Crippen LogP contribution >= 0.6 is 0 Å². The van der Waals surface area contributed by atoms with Crippen molar-refractivity contribution in [2.45, 2.75) is 0 Å². The van der Waals surface area contributed by atoms with E-state index in [1.165, 1.54) is 91.0 Å². The molecule has 15 heteroatoms. The minimum Gasteiger partial charge on any atom is -0.423 e. The maximum absolute atomic E-state index is 13.1. The molecule has 0 spiro atoms. The Labute approximate surface area is 303 Å². The minimum atomic E-state index is -0.897. The topological polar surface area (TPSA) is 191 Å². The van der Waals surface area contributed by atoms with Gasteiger partial charge in [0.15, 0.2) is 0 Å². The lowest BCUT2D eigenvalue weighted by atomic mass is 10.2. The molecular weight excluding hydrogens is 702 g/mol. The Kier molecular flexibility index (Phi) is 8.86. The van der Waals surface area contributed by atoms with Crippen molar-refractivity contribution < 1.29 is 57.4 Å². The summed E-state index contributed by atoms with van der Waals surface area (Å²) in [6, 6.07) is 19.8. The molecule has 264 valence electrons. The van der Waals surface area contributed by atoms with E-state index >= 15 is 0 Å². The van der Waals surface area contributed by atoms with Gasteiger partial charge in [0.05, 0.1) is 33.8 Å². The van der Waals surface area contributed by atoms with Crippen LogP contribution in [0.15, 0.2) is 127 Å². The predicted octanol–water partition coefficient (Wildman–Crippen LogP) is 3.63. The summed E-state index contributed by atoms with van der Waals surface area (Å²) in [5.41, 5.74) is 0.718. The zero-order chi connectivity index (χ0) is 38.1. The quantitative estimate of drug-likeness (QED) is 0.139. The minimum absolute atomic E-state index is 0.0160. The first-order chi connectivity index (χ1) is 25.9. The lowest BCUT2D eigenvalue weighted by molar-refractivity contribution is -0.121. The van der Waals surface area contributed by atoms with E-state index in [0.717, 1.165) is 51.2 Å². The van der Waals surface area contributed by atoms with Crippen LogP contribution in [-0.2, 0) is 28.8 Å². The van der Waals surface area contributed by atoms with E-state index in [1.54, 1.807) is 0 Å². The number of carbonyl (C=O) groups is 9. The third kappa shape index (κ3) is 6.82. The zero-order valence-corrected chi connectivity index (χ0v) is 27.4. The average molecular weight is 724 g/mol. The number of nitrogens with zero attached hydrogens (tertiary/aromatic N) is 3. The maximum atomic E-state index is 13.1. The number of imide groups is 3. The van der Waals surface area contributed by atoms with Gasteiger partial charge >= 0.3 is 17.9 Å². The normalized spacial score (nSPS) is 14.8. The molecule has 0 aromatic heterocycles. The molecular formula is C39H21N3O12. The molecule has 15 nitrogen and oxygen atoms in total. The Morgan fingerprint density at radius 2 is 0.537 bits per heavy atom. The number of rotatable bonds is 9. The molecule has 0 saturated carbocycles. The van der Waals surface area contributed by atoms with Gasteiger partial charge in [0, 0.05) is 54.7 Å². The molecule has 0 saturated heterocycles. The van der Waals surface area contributed by atoms with E-state index in [4.69, 9.17) is 14.2 Å². The number of ether oxygens (including phenoxy) is 3. The van der Waals surface area contributed by atoms with E-state index < -0.39 is 53.4 Å². The standard InChI is InChI=1S/C39H21N3O12/c43-31-13-14-32(44)40(31)25-7-1-22(2-8-25)37(49)52-28-19-29(53-38(50)23-3-9-26(10-4-23)41-33(45)15-16-34(41)46)21-30(20-28)54-39(51)24-5-11-27(12-6-24)42-35(47)17-18-36(42)48/h1-21H. The Morgan fingerprint density at radius 3 is 0.741 bits per heavy atom. The van der Waals surface area contributed by atoms with Crippen LogP contribution < -0.4 is 28.9 Å². The third-order valence-electron chi connectivity index (χ3n) is 8.00. The highest BCUT2D eigenvalue weighted by Crippen LogP contribution is 2.31. The van der Waals surface area contributed by atoms with Crippen LogP contribution in [-0.4, -0.2) is 53.4 Å². The zero-order valence-electron chi connectivity index (χ0n) is 27.4. The highest BCUT2D eigenvalue weighted by atomic mass is 16.6. The summed E-state index contributed by atoms with van der Waals surface area (Å²) in [6.45, 7) is 0. The van der Waals surface area contributed by atoms with Crippen molar-refractivity contribution in [2.24, 2.45) is 0 Å². The summed E-state index contributed by atoms with van der Waals surface area (Å²) in [5.74, 6) is -6.59. The number of anilines is 3. The second kappa shape index (κ2) is 13.9. The van der Waals surface area contributed by atoms with Crippen LogP contribution in [0.5, 0.6) is 17.2 Å². The van der Waals surface area contributed by atoms with Crippen molar-refractivity contribution in [3.8, 4) is 17.2 Å². The Balaban J connectivity index is 1.11. The fourth-order valence-corrected chi connectivity index (χ4v) is 5.42. The molecule has 54 heavy (non-hydrogen) atoms. The van der Waals surface area contributed by atoms with Gasteiger partial charge in [-0.05, 0) is 72.8 Å². The molecule has 7 rings (SSSR count). The third-order valence-corrected chi connectivity index (χ3v) is 8.00. The fraction of sp³-hybridized carbons (Fsp3) is 0. The molecule has 3 aliphatic heterocycles. The molecule has 0 fully saturated rings. The summed E-state index contributed by atoms with van der Waals surface area (Å²) in [4.78, 5) is 114. The smallest absolute Gasteiger partial charge is 0.343 e. The van der Waals surface area contributed by atoms with Crippen molar-refractivity contribution in [3.63, 3.8) is 0 Å². The van der Waals surface area contributed by atoms with Gasteiger partial charge in [-0.25, -0.2) is 29.1 Å². The van der Waals surface area contributed by atoms with Crippen LogP contribution in [0.25, 0.3) is 0 Å². The molecule has 3 heterocycles. The molecule has 0 radical (unpaired) electrons. The van der Waals surface area contributed by atoms with Crippen molar-refractivity contribution in [2.75, 3.05) is 14.7 Å². The number of carbonyl (C=O) groups excluding carboxylic acids is 9. The molecule has 6 amide bonds. The van der Waals surface area contributed by atoms with Crippen LogP contribution in [0.4, 0.5) is 17.1 Å². The number of amides is 6. The van der Waals surface area contributed by atoms with Gasteiger partial charge in [-0.15, -0.1) is 0 Å². The van der Waals surface area contributed by atoms with Gasteiger partial charge in [0.2, 0.25) is 0 Å². The molecule has 4 aromatic carbocycles. The first kappa shape index (κ1) is 34.4. The SMILES string of the molecule is O=C(Oc1cc(OC(=O)c2ccc(N3C(=O)C=CC3=O)cc2)cc(OC(=O)c2ccc(N3C(=O)C=CC3=O)cc2)c1)c1ccc(N2C(=O)C=CC2=O)cc1. The van der Waals surface area contributed by atoms with Gasteiger partial charge < -0.3 is 14.2 Å². The van der Waals surface area contributed by atoms with E-state index in [0.29, 0.717) is 0 Å². The average Bonchev–Trinajstić information content (AvgIpc) is 3.81. The molecule has 0 atom stereocenters. The van der Waals surface area contributed by atoms with Gasteiger partial charge in [-0.3, -0.25) is 28.8 Å². The van der Waals surface area contributed by atoms with Crippen LogP contribution in [0, 0.1) is 0 Å². The Morgan fingerprint density at radius 1 is 0.333 bits per heavy atom. The lowest BCUT2D eigenvalue weighted by Gasteiger charge is -2.15. The molecule has 0 N–H and O–H groups in total. The molecule has 0 unspecified atom stereocenters. The summed E-state index contributed by atoms with van der Waals surface area (Å²) in [6.07, 6.45) is 6.70. The van der Waals surface area contributed by atoms with Crippen molar-refractivity contribution in [1.29, 1.82) is 0 Å². The number of benzene rings is 4. The molecule has 0 aliphatic carbocycles. The second-order valence-corrected chi connectivity index (χ2v) is 11.5. The van der Waals surface area contributed by atoms with Crippen LogP contribution in [0.3, 0.4) is 0 Å². The van der Waals surface area contributed by atoms with Gasteiger partial charge in [-0.2, -0.15) is 0 Å². The number of hydrogen-bond donors (Lipinski definition) is 0. The van der Waals surface area contributed by atoms with E-state index in [1.807, 2.05) is 0 Å². The monoisotopic (exact) mass is 723 g/mol. The van der Waals surface area contributed by atoms with Crippen molar-refractivity contribution >= 4 is 70.4 Å². The molecule has 0 bridgehead atoms. The summed E-state index contributed by atoms with van der Waals surface area (Å²) in [7, 11) is 0. The number of hydrogen-bond acceptors (Lipinski definition) is 12. The Hall–Kier alpha value is -8.07. The summed E-state index contributed by atoms with van der Waals surface area (Å²) < 4.78 is 16.6. The Bertz CT molecular complexity index is 2090. The predicted molar refractivity (Wildman–Crippen MR) is 186 cm³/mol. The summed E-state index contributed by atoms with van der Waals surface area (Å²) in [5, 5.41) is 0. The highest BCUT2D eigenvalue weighted by Gasteiger charge is 2.28. The first-order valence-electron chi connectivity index (χ1n) is 15.8. The largest absolute Gasteiger partial charge is 0.423 e. The second-order valence-electron chi connectivity index (χ2n) is 11.5. The molecule has 3 aliphatic rings. The fourth-order valence-electron chi connectivity index (χ4n) is 5.42. The van der Waals surface area contributed by atoms with E-state index in [2.05, 4.69) is 0 Å². The van der Waals surface area contributed by atoms with Crippen molar-refractivity contribution in [3.05, 3.63) is 144 Å². The lowest BCUT2D eigenvalue weighted by Crippen LogP contribution is -2.29. The van der Waals surface area contributed by atoms with Crippen molar-refractivity contribution in [1.82, 2.24) is 0 Å². The van der Waals surface area contributed by atoms with Crippen LogP contribution in [0.2, 0.25) is 0 Å².